The van der Waals surface area contributed by atoms with Gasteiger partial charge in [-0.15, -0.1) is 11.3 Å². The Morgan fingerprint density at radius 2 is 2.05 bits per heavy atom. The number of nitriles is 1. The molecule has 1 heterocycles. The number of hydrogen-bond acceptors (Lipinski definition) is 4. The summed E-state index contributed by atoms with van der Waals surface area (Å²) in [5.41, 5.74) is 3.24. The summed E-state index contributed by atoms with van der Waals surface area (Å²) in [5.74, 6) is 1.43. The maximum atomic E-state index is 9.16. The topological polar surface area (TPSA) is 45.9 Å². The Morgan fingerprint density at radius 1 is 1.35 bits per heavy atom. The smallest absolute Gasteiger partial charge is 0.140 e. The molecule has 1 aliphatic carbocycles. The summed E-state index contributed by atoms with van der Waals surface area (Å²) >= 11 is 1.46. The molecule has 2 aromatic rings. The van der Waals surface area contributed by atoms with E-state index in [1.807, 2.05) is 32.0 Å². The molecule has 3 rings (SSSR count). The summed E-state index contributed by atoms with van der Waals surface area (Å²) in [7, 11) is 0. The Balaban J connectivity index is 1.77. The zero-order chi connectivity index (χ0) is 14.1. The molecule has 0 amide bonds. The van der Waals surface area contributed by atoms with Gasteiger partial charge in [0, 0.05) is 5.92 Å². The van der Waals surface area contributed by atoms with Gasteiger partial charge >= 0.3 is 0 Å². The van der Waals surface area contributed by atoms with Gasteiger partial charge in [-0.25, -0.2) is 4.98 Å². The van der Waals surface area contributed by atoms with Crippen molar-refractivity contribution in [1.29, 1.82) is 5.26 Å². The van der Waals surface area contributed by atoms with E-state index in [1.165, 1.54) is 11.3 Å². The minimum Gasteiger partial charge on any atom is -0.486 e. The second kappa shape index (κ2) is 5.26. The van der Waals surface area contributed by atoms with Gasteiger partial charge in [0.2, 0.25) is 0 Å². The lowest BCUT2D eigenvalue weighted by Gasteiger charge is -2.10. The van der Waals surface area contributed by atoms with Gasteiger partial charge in [0.15, 0.2) is 0 Å². The highest BCUT2D eigenvalue weighted by Gasteiger charge is 2.29. The first-order chi connectivity index (χ1) is 9.69. The van der Waals surface area contributed by atoms with Crippen LogP contribution in [0.15, 0.2) is 18.2 Å². The third-order valence-corrected chi connectivity index (χ3v) is 4.46. The Morgan fingerprint density at radius 3 is 2.65 bits per heavy atom. The molecule has 102 valence electrons. The molecule has 0 saturated heterocycles. The van der Waals surface area contributed by atoms with Crippen molar-refractivity contribution < 1.29 is 4.74 Å². The van der Waals surface area contributed by atoms with Gasteiger partial charge in [0.1, 0.15) is 28.3 Å². The average Bonchev–Trinajstić information content (AvgIpc) is 3.19. The van der Waals surface area contributed by atoms with Crippen LogP contribution in [0.5, 0.6) is 5.75 Å². The minimum absolute atomic E-state index is 0.442. The quantitative estimate of drug-likeness (QED) is 0.849. The molecule has 0 bridgehead atoms. The van der Waals surface area contributed by atoms with Crippen LogP contribution in [-0.2, 0) is 6.61 Å². The molecule has 0 unspecified atom stereocenters. The van der Waals surface area contributed by atoms with Crippen LogP contribution in [0.4, 0.5) is 0 Å². The van der Waals surface area contributed by atoms with Crippen LogP contribution in [0, 0.1) is 25.2 Å². The normalized spacial score (nSPS) is 14.1. The number of hydrogen-bond donors (Lipinski definition) is 0. The molecule has 0 radical (unpaired) electrons. The van der Waals surface area contributed by atoms with Gasteiger partial charge in [0.05, 0.1) is 5.69 Å². The highest BCUT2D eigenvalue weighted by atomic mass is 32.1. The summed E-state index contributed by atoms with van der Waals surface area (Å²) in [6.07, 6.45) is 2.32. The third-order valence-electron chi connectivity index (χ3n) is 3.51. The van der Waals surface area contributed by atoms with Crippen LogP contribution in [0.1, 0.15) is 45.5 Å². The standard InChI is InChI=1S/C16H16N2OS/c1-10-4-3-5-11(2)16(10)19-9-14-18-15(12-6-7-12)13(8-17)20-14/h3-5,12H,6-7,9H2,1-2H3. The van der Waals surface area contributed by atoms with Gasteiger partial charge in [-0.05, 0) is 37.8 Å². The number of rotatable bonds is 4. The zero-order valence-electron chi connectivity index (χ0n) is 11.6. The van der Waals surface area contributed by atoms with E-state index in [9.17, 15) is 0 Å². The maximum Gasteiger partial charge on any atom is 0.140 e. The van der Waals surface area contributed by atoms with Crippen molar-refractivity contribution in [1.82, 2.24) is 4.98 Å². The van der Waals surface area contributed by atoms with Crippen molar-refractivity contribution in [2.45, 2.75) is 39.2 Å². The minimum atomic E-state index is 0.442. The SMILES string of the molecule is Cc1cccc(C)c1OCc1nc(C2CC2)c(C#N)s1. The molecule has 1 aliphatic rings. The van der Waals surface area contributed by atoms with Gasteiger partial charge < -0.3 is 4.74 Å². The Kier molecular flexibility index (Phi) is 3.45. The molecule has 0 N–H and O–H groups in total. The average molecular weight is 284 g/mol. The molecular formula is C16H16N2OS. The molecule has 3 nitrogen and oxygen atoms in total. The fourth-order valence-corrected chi connectivity index (χ4v) is 3.17. The summed E-state index contributed by atoms with van der Waals surface area (Å²) in [4.78, 5) is 5.35. The molecule has 0 atom stereocenters. The largest absolute Gasteiger partial charge is 0.486 e. The van der Waals surface area contributed by atoms with E-state index in [1.54, 1.807) is 0 Å². The van der Waals surface area contributed by atoms with E-state index in [4.69, 9.17) is 10.00 Å². The Bertz CT molecular complexity index is 660. The van der Waals surface area contributed by atoms with E-state index in [-0.39, 0.29) is 0 Å². The van der Waals surface area contributed by atoms with Crippen molar-refractivity contribution in [2.24, 2.45) is 0 Å². The molecule has 1 saturated carbocycles. The molecule has 20 heavy (non-hydrogen) atoms. The Labute approximate surface area is 122 Å². The van der Waals surface area contributed by atoms with E-state index < -0.39 is 0 Å². The van der Waals surface area contributed by atoms with E-state index in [2.05, 4.69) is 11.1 Å². The van der Waals surface area contributed by atoms with Crippen LogP contribution >= 0.6 is 11.3 Å². The summed E-state index contributed by atoms with van der Waals surface area (Å²) < 4.78 is 5.91. The first-order valence-corrected chi connectivity index (χ1v) is 7.59. The van der Waals surface area contributed by atoms with Crippen LogP contribution in [0.3, 0.4) is 0 Å². The molecule has 1 aromatic carbocycles. The molecular weight excluding hydrogens is 268 g/mol. The summed E-state index contributed by atoms with van der Waals surface area (Å²) in [6, 6.07) is 8.37. The van der Waals surface area contributed by atoms with Crippen molar-refractivity contribution in [3.05, 3.63) is 44.9 Å². The lowest BCUT2D eigenvalue weighted by atomic mass is 10.1. The monoisotopic (exact) mass is 284 g/mol. The molecule has 4 heteroatoms. The fourth-order valence-electron chi connectivity index (χ4n) is 2.31. The lowest BCUT2D eigenvalue weighted by Crippen LogP contribution is -1.98. The maximum absolute atomic E-state index is 9.16. The zero-order valence-corrected chi connectivity index (χ0v) is 12.5. The van der Waals surface area contributed by atoms with Crippen LogP contribution < -0.4 is 4.74 Å². The first kappa shape index (κ1) is 13.1. The highest BCUT2D eigenvalue weighted by molar-refractivity contribution is 7.12. The number of aromatic nitrogens is 1. The molecule has 1 aromatic heterocycles. The van der Waals surface area contributed by atoms with Crippen LogP contribution in [0.2, 0.25) is 0 Å². The molecule has 1 fully saturated rings. The predicted octanol–water partition coefficient (Wildman–Crippen LogP) is 4.09. The third kappa shape index (κ3) is 2.54. The summed E-state index contributed by atoms with van der Waals surface area (Å²) in [5, 5.41) is 10.1. The first-order valence-electron chi connectivity index (χ1n) is 6.77. The lowest BCUT2D eigenvalue weighted by molar-refractivity contribution is 0.301. The van der Waals surface area contributed by atoms with Crippen molar-refractivity contribution in [3.8, 4) is 11.8 Å². The van der Waals surface area contributed by atoms with Crippen molar-refractivity contribution in [3.63, 3.8) is 0 Å². The van der Waals surface area contributed by atoms with Gasteiger partial charge in [-0.3, -0.25) is 0 Å². The van der Waals surface area contributed by atoms with Gasteiger partial charge in [0.25, 0.3) is 0 Å². The van der Waals surface area contributed by atoms with E-state index in [0.29, 0.717) is 12.5 Å². The van der Waals surface area contributed by atoms with Crippen LogP contribution in [-0.4, -0.2) is 4.98 Å². The van der Waals surface area contributed by atoms with Gasteiger partial charge in [-0.1, -0.05) is 18.2 Å². The van der Waals surface area contributed by atoms with Crippen LogP contribution in [0.25, 0.3) is 0 Å². The van der Waals surface area contributed by atoms with Crippen molar-refractivity contribution in [2.75, 3.05) is 0 Å². The number of ether oxygens (including phenoxy) is 1. The number of nitrogens with zero attached hydrogens (tertiary/aromatic N) is 2. The number of para-hydroxylation sites is 1. The number of benzene rings is 1. The fraction of sp³-hybridized carbons (Fsp3) is 0.375. The van der Waals surface area contributed by atoms with E-state index >= 15 is 0 Å². The molecule has 0 spiro atoms. The van der Waals surface area contributed by atoms with E-state index in [0.717, 1.165) is 45.3 Å². The summed E-state index contributed by atoms with van der Waals surface area (Å²) in [6.45, 7) is 4.53. The molecule has 0 aliphatic heterocycles. The van der Waals surface area contributed by atoms with Gasteiger partial charge in [-0.2, -0.15) is 5.26 Å². The second-order valence-electron chi connectivity index (χ2n) is 5.22. The second-order valence-corrected chi connectivity index (χ2v) is 6.30. The number of aryl methyl sites for hydroxylation is 2. The highest BCUT2D eigenvalue weighted by Crippen LogP contribution is 2.42. The van der Waals surface area contributed by atoms with Crippen molar-refractivity contribution >= 4 is 11.3 Å². The number of thiazole rings is 1. The Hall–Kier alpha value is -1.86. The predicted molar refractivity (Wildman–Crippen MR) is 79.1 cm³/mol.